The Morgan fingerprint density at radius 1 is 1.26 bits per heavy atom. The van der Waals surface area contributed by atoms with Crippen LogP contribution < -0.4 is 5.32 Å². The van der Waals surface area contributed by atoms with Crippen molar-refractivity contribution in [3.8, 4) is 0 Å². The van der Waals surface area contributed by atoms with Gasteiger partial charge in [-0.2, -0.15) is 0 Å². The molecule has 2 heterocycles. The van der Waals surface area contributed by atoms with Crippen LogP contribution in [0.4, 0.5) is 10.8 Å². The Hall–Kier alpha value is -1.16. The van der Waals surface area contributed by atoms with Crippen molar-refractivity contribution >= 4 is 43.8 Å². The molecule has 2 aromatic rings. The molecule has 0 unspecified atom stereocenters. The summed E-state index contributed by atoms with van der Waals surface area (Å²) in [4.78, 5) is 0. The number of nitrogens with zero attached hydrogens (tertiary/aromatic N) is 2. The highest BCUT2D eigenvalue weighted by Gasteiger charge is 2.37. The number of nitrogens with one attached hydrogen (secondary N) is 1. The first kappa shape index (κ1) is 16.7. The van der Waals surface area contributed by atoms with Crippen molar-refractivity contribution in [3.63, 3.8) is 0 Å². The number of aromatic nitrogens is 2. The molecule has 0 saturated carbocycles. The zero-order chi connectivity index (χ0) is 16.6. The van der Waals surface area contributed by atoms with Gasteiger partial charge in [0.1, 0.15) is 0 Å². The highest BCUT2D eigenvalue weighted by atomic mass is 32.2. The van der Waals surface area contributed by atoms with Crippen LogP contribution in [-0.4, -0.2) is 46.6 Å². The molecule has 6 nitrogen and oxygen atoms in total. The number of aliphatic hydroxyl groups is 1. The van der Waals surface area contributed by atoms with E-state index in [1.165, 1.54) is 34.2 Å². The zero-order valence-corrected chi connectivity index (χ0v) is 15.1. The molecule has 2 atom stereocenters. The van der Waals surface area contributed by atoms with E-state index >= 15 is 0 Å². The second-order valence-electron chi connectivity index (χ2n) is 5.60. The molecule has 1 fully saturated rings. The van der Waals surface area contributed by atoms with Crippen molar-refractivity contribution in [2.45, 2.75) is 29.5 Å². The van der Waals surface area contributed by atoms with E-state index in [-0.39, 0.29) is 16.8 Å². The van der Waals surface area contributed by atoms with Crippen molar-refractivity contribution < 1.29 is 13.5 Å². The molecule has 9 heteroatoms. The Balaban J connectivity index is 1.67. The maximum absolute atomic E-state index is 11.5. The monoisotopic (exact) mass is 371 g/mol. The molecule has 1 aromatic heterocycles. The summed E-state index contributed by atoms with van der Waals surface area (Å²) >= 11 is 2.62. The van der Waals surface area contributed by atoms with Crippen molar-refractivity contribution in [1.82, 2.24) is 10.2 Å². The summed E-state index contributed by atoms with van der Waals surface area (Å²) in [5.41, 5.74) is 3.35. The maximum atomic E-state index is 11.5. The van der Waals surface area contributed by atoms with E-state index in [4.69, 9.17) is 0 Å². The number of aryl methyl sites for hydroxylation is 2. The lowest BCUT2D eigenvalue weighted by Crippen LogP contribution is -2.19. The average Bonchev–Trinajstić information content (AvgIpc) is 2.98. The SMILES string of the molecule is Cc1ccc(Nc2nnc(S[C@H]3CS(=O)(=O)C[C@@H]3O)s2)cc1C. The lowest BCUT2D eigenvalue weighted by molar-refractivity contribution is 0.207. The average molecular weight is 372 g/mol. The minimum absolute atomic E-state index is 0.0155. The van der Waals surface area contributed by atoms with Crippen molar-refractivity contribution in [2.75, 3.05) is 16.8 Å². The smallest absolute Gasteiger partial charge is 0.210 e. The van der Waals surface area contributed by atoms with Crippen molar-refractivity contribution in [1.29, 1.82) is 0 Å². The fourth-order valence-corrected chi connectivity index (χ4v) is 6.81. The first-order valence-corrected chi connectivity index (χ1v) is 10.6. The molecule has 0 aliphatic carbocycles. The van der Waals surface area contributed by atoms with Crippen LogP contribution in [0.15, 0.2) is 22.5 Å². The van der Waals surface area contributed by atoms with Gasteiger partial charge in [-0.25, -0.2) is 8.42 Å². The molecule has 0 bridgehead atoms. The van der Waals surface area contributed by atoms with Gasteiger partial charge in [-0.15, -0.1) is 10.2 Å². The van der Waals surface area contributed by atoms with Crippen LogP contribution in [-0.2, 0) is 9.84 Å². The number of hydrogen-bond acceptors (Lipinski definition) is 8. The lowest BCUT2D eigenvalue weighted by atomic mass is 10.1. The largest absolute Gasteiger partial charge is 0.391 e. The summed E-state index contributed by atoms with van der Waals surface area (Å²) in [5, 5.41) is 21.4. The van der Waals surface area contributed by atoms with E-state index < -0.39 is 15.9 Å². The minimum Gasteiger partial charge on any atom is -0.391 e. The number of rotatable bonds is 4. The van der Waals surface area contributed by atoms with E-state index in [9.17, 15) is 13.5 Å². The number of aliphatic hydroxyl groups excluding tert-OH is 1. The van der Waals surface area contributed by atoms with Gasteiger partial charge in [0.15, 0.2) is 14.2 Å². The Bertz CT molecular complexity index is 820. The first-order chi connectivity index (χ1) is 10.8. The van der Waals surface area contributed by atoms with Crippen molar-refractivity contribution in [2.24, 2.45) is 0 Å². The van der Waals surface area contributed by atoms with Crippen molar-refractivity contribution in [3.05, 3.63) is 29.3 Å². The van der Waals surface area contributed by atoms with Gasteiger partial charge in [0.05, 0.1) is 22.9 Å². The van der Waals surface area contributed by atoms with Crippen LogP contribution in [0.5, 0.6) is 0 Å². The predicted molar refractivity (Wildman–Crippen MR) is 93.4 cm³/mol. The molecule has 1 saturated heterocycles. The van der Waals surface area contributed by atoms with E-state index in [1.54, 1.807) is 0 Å². The first-order valence-electron chi connectivity index (χ1n) is 7.05. The van der Waals surface area contributed by atoms with Gasteiger partial charge in [0.2, 0.25) is 5.13 Å². The van der Waals surface area contributed by atoms with Gasteiger partial charge in [-0.3, -0.25) is 0 Å². The molecule has 1 aromatic carbocycles. The summed E-state index contributed by atoms with van der Waals surface area (Å²) in [6.07, 6.45) is -0.843. The normalized spacial score (nSPS) is 23.1. The molecule has 2 N–H and O–H groups in total. The highest BCUT2D eigenvalue weighted by molar-refractivity contribution is 8.03. The molecule has 1 aliphatic heterocycles. The molecule has 1 aliphatic rings. The fraction of sp³-hybridized carbons (Fsp3) is 0.429. The summed E-state index contributed by atoms with van der Waals surface area (Å²) < 4.78 is 23.7. The minimum atomic E-state index is -3.15. The maximum Gasteiger partial charge on any atom is 0.210 e. The van der Waals surface area contributed by atoms with E-state index in [1.807, 2.05) is 25.1 Å². The summed E-state index contributed by atoms with van der Waals surface area (Å²) in [6.45, 7) is 4.10. The Morgan fingerprint density at radius 3 is 2.70 bits per heavy atom. The van der Waals surface area contributed by atoms with E-state index in [2.05, 4.69) is 22.4 Å². The molecule has 0 radical (unpaired) electrons. The Kier molecular flexibility index (Phi) is 4.63. The van der Waals surface area contributed by atoms with Crippen LogP contribution in [0, 0.1) is 13.8 Å². The van der Waals surface area contributed by atoms with Gasteiger partial charge < -0.3 is 10.4 Å². The van der Waals surface area contributed by atoms with Crippen LogP contribution in [0.25, 0.3) is 0 Å². The van der Waals surface area contributed by atoms with Crippen LogP contribution in [0.3, 0.4) is 0 Å². The van der Waals surface area contributed by atoms with Crippen LogP contribution >= 0.6 is 23.1 Å². The molecular formula is C14H17N3O3S3. The van der Waals surface area contributed by atoms with Gasteiger partial charge in [-0.1, -0.05) is 29.2 Å². The van der Waals surface area contributed by atoms with Crippen LogP contribution in [0.1, 0.15) is 11.1 Å². The number of thioether (sulfide) groups is 1. The fourth-order valence-electron chi connectivity index (χ4n) is 2.29. The van der Waals surface area contributed by atoms with Gasteiger partial charge in [0, 0.05) is 5.69 Å². The number of anilines is 2. The number of benzene rings is 1. The van der Waals surface area contributed by atoms with Gasteiger partial charge >= 0.3 is 0 Å². The summed E-state index contributed by atoms with van der Waals surface area (Å²) in [7, 11) is -3.15. The quantitative estimate of drug-likeness (QED) is 0.851. The van der Waals surface area contributed by atoms with Gasteiger partial charge in [-0.05, 0) is 37.1 Å². The summed E-state index contributed by atoms with van der Waals surface area (Å²) in [5.74, 6) is -0.185. The number of sulfone groups is 1. The molecule has 0 amide bonds. The second kappa shape index (κ2) is 6.39. The zero-order valence-electron chi connectivity index (χ0n) is 12.7. The topological polar surface area (TPSA) is 92.2 Å². The van der Waals surface area contributed by atoms with Crippen LogP contribution in [0.2, 0.25) is 0 Å². The Labute approximate surface area is 143 Å². The Morgan fingerprint density at radius 2 is 2.04 bits per heavy atom. The van der Waals surface area contributed by atoms with E-state index in [0.717, 1.165) is 5.69 Å². The predicted octanol–water partition coefficient (Wildman–Crippen LogP) is 2.15. The van der Waals surface area contributed by atoms with Gasteiger partial charge in [0.25, 0.3) is 0 Å². The third-order valence-corrected chi connectivity index (χ3v) is 7.86. The van der Waals surface area contributed by atoms with E-state index in [0.29, 0.717) is 9.47 Å². The molecule has 23 heavy (non-hydrogen) atoms. The lowest BCUT2D eigenvalue weighted by Gasteiger charge is -2.08. The third kappa shape index (κ3) is 4.03. The standard InChI is InChI=1S/C14H17N3O3S3/c1-8-3-4-10(5-9(8)2)15-13-16-17-14(22-13)21-12-7-23(19,20)6-11(12)18/h3-5,11-12,18H,6-7H2,1-2H3,(H,15,16)/t11-,12-/m0/s1. The third-order valence-electron chi connectivity index (χ3n) is 3.69. The summed E-state index contributed by atoms with van der Waals surface area (Å²) in [6, 6.07) is 6.05. The molecule has 0 spiro atoms. The molecule has 124 valence electrons. The number of hydrogen-bond donors (Lipinski definition) is 2. The molecule has 3 rings (SSSR count). The molecular weight excluding hydrogens is 354 g/mol. The highest BCUT2D eigenvalue weighted by Crippen LogP contribution is 2.35. The second-order valence-corrected chi connectivity index (χ2v) is 10.2.